The van der Waals surface area contributed by atoms with Crippen LogP contribution in [0.3, 0.4) is 0 Å². The Morgan fingerprint density at radius 1 is 1.16 bits per heavy atom. The number of allylic oxidation sites excluding steroid dienone is 2. The molecule has 0 aromatic heterocycles. The second-order valence-corrected chi connectivity index (χ2v) is 7.76. The first-order valence-corrected chi connectivity index (χ1v) is 10.4. The summed E-state index contributed by atoms with van der Waals surface area (Å²) in [5, 5.41) is 12.2. The standard InChI is InChI=1S/C24H20ClNO6/c1-3-31-24(30)19-12(2)26-22-14-6-4-5-7-15(14)23(29)21(22)20(19)13-8-9-17(16(25)10-13)32-11-18(27)28/h4-10,20,26H,3,11H2,1-2H3,(H,27,28). The van der Waals surface area contributed by atoms with Gasteiger partial charge in [0.15, 0.2) is 12.4 Å². The molecule has 2 aliphatic rings. The minimum Gasteiger partial charge on any atom is -0.480 e. The predicted molar refractivity (Wildman–Crippen MR) is 117 cm³/mol. The second-order valence-electron chi connectivity index (χ2n) is 7.35. The summed E-state index contributed by atoms with van der Waals surface area (Å²) in [6, 6.07) is 12.1. The van der Waals surface area contributed by atoms with Crippen molar-refractivity contribution in [3.8, 4) is 5.75 Å². The first kappa shape index (κ1) is 21.6. The third-order valence-electron chi connectivity index (χ3n) is 5.38. The molecule has 8 heteroatoms. The van der Waals surface area contributed by atoms with Crippen molar-refractivity contribution in [1.82, 2.24) is 5.32 Å². The number of nitrogens with one attached hydrogen (secondary N) is 1. The van der Waals surface area contributed by atoms with Crippen LogP contribution in [0, 0.1) is 0 Å². The zero-order chi connectivity index (χ0) is 23.0. The Morgan fingerprint density at radius 3 is 2.53 bits per heavy atom. The van der Waals surface area contributed by atoms with Gasteiger partial charge < -0.3 is 19.9 Å². The maximum Gasteiger partial charge on any atom is 0.341 e. The summed E-state index contributed by atoms with van der Waals surface area (Å²) in [5.41, 5.74) is 3.92. The highest BCUT2D eigenvalue weighted by Crippen LogP contribution is 2.47. The third kappa shape index (κ3) is 3.65. The molecule has 0 amide bonds. The molecule has 164 valence electrons. The first-order chi connectivity index (χ1) is 15.3. The van der Waals surface area contributed by atoms with Crippen molar-refractivity contribution in [2.45, 2.75) is 19.8 Å². The highest BCUT2D eigenvalue weighted by Gasteiger charge is 2.43. The molecule has 2 aromatic rings. The molecule has 1 atom stereocenters. The highest BCUT2D eigenvalue weighted by atomic mass is 35.5. The van der Waals surface area contributed by atoms with Gasteiger partial charge in [-0.15, -0.1) is 0 Å². The Balaban J connectivity index is 1.84. The van der Waals surface area contributed by atoms with E-state index in [1.54, 1.807) is 38.1 Å². The molecule has 32 heavy (non-hydrogen) atoms. The molecule has 0 spiro atoms. The van der Waals surface area contributed by atoms with Gasteiger partial charge in [-0.3, -0.25) is 4.79 Å². The van der Waals surface area contributed by atoms with E-state index in [0.717, 1.165) is 5.56 Å². The zero-order valence-corrected chi connectivity index (χ0v) is 18.2. The van der Waals surface area contributed by atoms with Gasteiger partial charge in [-0.2, -0.15) is 0 Å². The van der Waals surface area contributed by atoms with Crippen LogP contribution in [-0.4, -0.2) is 36.0 Å². The summed E-state index contributed by atoms with van der Waals surface area (Å²) in [7, 11) is 0. The molecule has 0 radical (unpaired) electrons. The van der Waals surface area contributed by atoms with Crippen LogP contribution in [-0.2, 0) is 14.3 Å². The number of Topliss-reactive ketones (excluding diaryl/α,β-unsaturated/α-hetero) is 1. The van der Waals surface area contributed by atoms with E-state index in [4.69, 9.17) is 26.2 Å². The Kier molecular flexibility index (Phi) is 5.76. The van der Waals surface area contributed by atoms with Gasteiger partial charge in [0.2, 0.25) is 0 Å². The van der Waals surface area contributed by atoms with E-state index in [9.17, 15) is 14.4 Å². The van der Waals surface area contributed by atoms with Gasteiger partial charge in [-0.05, 0) is 31.5 Å². The number of hydrogen-bond donors (Lipinski definition) is 2. The van der Waals surface area contributed by atoms with Gasteiger partial charge in [-0.25, -0.2) is 9.59 Å². The number of ether oxygens (including phenoxy) is 2. The van der Waals surface area contributed by atoms with E-state index in [2.05, 4.69) is 5.32 Å². The average molecular weight is 454 g/mol. The lowest BCUT2D eigenvalue weighted by molar-refractivity contribution is -0.140. The lowest BCUT2D eigenvalue weighted by Gasteiger charge is -2.29. The van der Waals surface area contributed by atoms with Crippen LogP contribution in [0.4, 0.5) is 0 Å². The number of fused-ring (bicyclic) bond motifs is 2. The summed E-state index contributed by atoms with van der Waals surface area (Å²) >= 11 is 6.36. The Hall–Kier alpha value is -3.58. The first-order valence-electron chi connectivity index (χ1n) is 10.0. The van der Waals surface area contributed by atoms with Crippen LogP contribution in [0.5, 0.6) is 5.75 Å². The van der Waals surface area contributed by atoms with Crippen molar-refractivity contribution >= 4 is 35.0 Å². The van der Waals surface area contributed by atoms with Crippen molar-refractivity contribution in [2.75, 3.05) is 13.2 Å². The van der Waals surface area contributed by atoms with Crippen LogP contribution < -0.4 is 10.1 Å². The van der Waals surface area contributed by atoms with Crippen LogP contribution in [0.25, 0.3) is 5.70 Å². The van der Waals surface area contributed by atoms with Crippen LogP contribution >= 0.6 is 11.6 Å². The lowest BCUT2D eigenvalue weighted by Crippen LogP contribution is -2.29. The third-order valence-corrected chi connectivity index (χ3v) is 5.68. The van der Waals surface area contributed by atoms with E-state index in [1.165, 1.54) is 6.07 Å². The highest BCUT2D eigenvalue weighted by molar-refractivity contribution is 6.32. The average Bonchev–Trinajstić information content (AvgIpc) is 3.04. The lowest BCUT2D eigenvalue weighted by atomic mass is 9.80. The van der Waals surface area contributed by atoms with Crippen molar-refractivity contribution in [2.24, 2.45) is 0 Å². The summed E-state index contributed by atoms with van der Waals surface area (Å²) < 4.78 is 10.5. The van der Waals surface area contributed by atoms with E-state index in [-0.39, 0.29) is 23.2 Å². The molecule has 1 unspecified atom stereocenters. The topological polar surface area (TPSA) is 102 Å². The monoisotopic (exact) mass is 453 g/mol. The number of halogens is 1. The fourth-order valence-electron chi connectivity index (χ4n) is 4.09. The SMILES string of the molecule is CCOC(=O)C1=C(C)NC2=C(C(=O)c3ccccc32)C1c1ccc(OCC(=O)O)c(Cl)c1. The number of ketones is 1. The number of rotatable bonds is 6. The smallest absolute Gasteiger partial charge is 0.341 e. The number of dihydropyridines is 1. The molecule has 2 N–H and O–H groups in total. The van der Waals surface area contributed by atoms with Crippen molar-refractivity contribution < 1.29 is 29.0 Å². The van der Waals surface area contributed by atoms with Gasteiger partial charge in [0.05, 0.1) is 22.9 Å². The van der Waals surface area contributed by atoms with Gasteiger partial charge in [0.25, 0.3) is 0 Å². The fourth-order valence-corrected chi connectivity index (χ4v) is 4.34. The van der Waals surface area contributed by atoms with E-state index in [1.807, 2.05) is 12.1 Å². The summed E-state index contributed by atoms with van der Waals surface area (Å²) in [4.78, 5) is 37.1. The zero-order valence-electron chi connectivity index (χ0n) is 17.4. The summed E-state index contributed by atoms with van der Waals surface area (Å²) in [5.74, 6) is -2.35. The number of aliphatic carboxylic acids is 1. The molecular weight excluding hydrogens is 434 g/mol. The summed E-state index contributed by atoms with van der Waals surface area (Å²) in [6.45, 7) is 3.12. The van der Waals surface area contributed by atoms with E-state index in [0.29, 0.717) is 33.7 Å². The van der Waals surface area contributed by atoms with E-state index >= 15 is 0 Å². The Morgan fingerprint density at radius 2 is 1.88 bits per heavy atom. The molecule has 0 saturated carbocycles. The molecule has 0 saturated heterocycles. The maximum absolute atomic E-state index is 13.4. The number of carbonyl (C=O) groups is 3. The Labute approximate surface area is 189 Å². The fraction of sp³-hybridized carbons (Fsp3) is 0.208. The normalized spacial score (nSPS) is 17.0. The molecule has 1 heterocycles. The maximum atomic E-state index is 13.4. The quantitative estimate of drug-likeness (QED) is 0.639. The van der Waals surface area contributed by atoms with Gasteiger partial charge in [0, 0.05) is 28.3 Å². The molecular formula is C24H20ClNO6. The number of carboxylic acid groups (broad SMARTS) is 1. The van der Waals surface area contributed by atoms with Crippen LogP contribution in [0.15, 0.2) is 59.3 Å². The van der Waals surface area contributed by atoms with Crippen molar-refractivity contribution in [1.29, 1.82) is 0 Å². The number of benzene rings is 2. The van der Waals surface area contributed by atoms with Gasteiger partial charge in [0.1, 0.15) is 5.75 Å². The molecule has 7 nitrogen and oxygen atoms in total. The molecule has 4 rings (SSSR count). The minimum atomic E-state index is -1.13. The molecule has 0 bridgehead atoms. The number of carbonyl (C=O) groups excluding carboxylic acids is 2. The van der Waals surface area contributed by atoms with Gasteiger partial charge in [-0.1, -0.05) is 41.9 Å². The second kappa shape index (κ2) is 8.51. The number of hydrogen-bond acceptors (Lipinski definition) is 6. The minimum absolute atomic E-state index is 0.174. The van der Waals surface area contributed by atoms with Gasteiger partial charge >= 0.3 is 11.9 Å². The molecule has 2 aromatic carbocycles. The predicted octanol–water partition coefficient (Wildman–Crippen LogP) is 3.93. The largest absolute Gasteiger partial charge is 0.480 e. The molecule has 1 aliphatic heterocycles. The Bertz CT molecular complexity index is 1210. The van der Waals surface area contributed by atoms with Crippen molar-refractivity contribution in [3.63, 3.8) is 0 Å². The number of carboxylic acids is 1. The molecule has 1 aliphatic carbocycles. The van der Waals surface area contributed by atoms with Crippen LogP contribution in [0.1, 0.15) is 41.3 Å². The van der Waals surface area contributed by atoms with Crippen LogP contribution in [0.2, 0.25) is 5.02 Å². The molecule has 0 fully saturated rings. The summed E-state index contributed by atoms with van der Waals surface area (Å²) in [6.07, 6.45) is 0. The van der Waals surface area contributed by atoms with Crippen molar-refractivity contribution in [3.05, 3.63) is 81.0 Å². The number of esters is 1. The van der Waals surface area contributed by atoms with E-state index < -0.39 is 24.5 Å².